The monoisotopic (exact) mass is 652 g/mol. The highest BCUT2D eigenvalue weighted by atomic mass is 16.3. The van der Waals surface area contributed by atoms with Crippen LogP contribution >= 0.6 is 0 Å². The SMILES string of the molecule is Cc1[nH]n(C)c(=O)c1C1=C([O-])C(C2C=CC([NH+](CCCCN3C(=O)c4cccc5cccc(c45)C3=O)CCCN(C)C=O)C=C2N)C1=O. The van der Waals surface area contributed by atoms with Crippen LogP contribution in [0.3, 0.4) is 0 Å². The third-order valence-corrected chi connectivity index (χ3v) is 9.82. The Morgan fingerprint density at radius 1 is 1.00 bits per heavy atom. The number of unbranched alkanes of at least 4 members (excludes halogenated alkanes) is 1. The zero-order valence-electron chi connectivity index (χ0n) is 27.3. The third kappa shape index (κ3) is 5.66. The number of quaternary nitrogens is 1. The van der Waals surface area contributed by atoms with E-state index in [1.54, 1.807) is 31.0 Å². The maximum absolute atomic E-state index is 13.3. The minimum absolute atomic E-state index is 0.0694. The number of aryl methyl sites for hydroxylation is 2. The fourth-order valence-electron chi connectivity index (χ4n) is 7.28. The van der Waals surface area contributed by atoms with Crippen LogP contribution in [0, 0.1) is 18.8 Å². The third-order valence-electron chi connectivity index (χ3n) is 9.82. The predicted octanol–water partition coefficient (Wildman–Crippen LogP) is 0.282. The average Bonchev–Trinajstić information content (AvgIpc) is 3.32. The highest BCUT2D eigenvalue weighted by Crippen LogP contribution is 2.41. The summed E-state index contributed by atoms with van der Waals surface area (Å²) < 4.78 is 1.25. The molecule has 4 atom stereocenters. The number of nitrogens with zero attached hydrogens (tertiary/aromatic N) is 3. The maximum Gasteiger partial charge on any atom is 0.274 e. The van der Waals surface area contributed by atoms with Crippen molar-refractivity contribution in [3.8, 4) is 0 Å². The Morgan fingerprint density at radius 3 is 2.25 bits per heavy atom. The van der Waals surface area contributed by atoms with E-state index in [-0.39, 0.29) is 40.5 Å². The number of aromatic nitrogens is 2. The van der Waals surface area contributed by atoms with Crippen LogP contribution in [0.15, 0.2) is 70.9 Å². The molecule has 2 aliphatic carbocycles. The molecule has 0 saturated carbocycles. The first kappa shape index (κ1) is 32.7. The number of H-pyrrole nitrogens is 1. The summed E-state index contributed by atoms with van der Waals surface area (Å²) in [5.41, 5.74) is 8.12. The maximum atomic E-state index is 13.3. The van der Waals surface area contributed by atoms with E-state index in [0.29, 0.717) is 66.9 Å². The molecule has 3 aromatic rings. The molecule has 3 amide bonds. The van der Waals surface area contributed by atoms with Crippen molar-refractivity contribution in [1.82, 2.24) is 19.6 Å². The van der Waals surface area contributed by atoms with Crippen molar-refractivity contribution >= 4 is 40.4 Å². The van der Waals surface area contributed by atoms with Crippen molar-refractivity contribution in [2.75, 3.05) is 33.2 Å². The van der Waals surface area contributed by atoms with E-state index >= 15 is 0 Å². The van der Waals surface area contributed by atoms with Gasteiger partial charge in [-0.05, 0) is 49.4 Å². The van der Waals surface area contributed by atoms with Gasteiger partial charge in [-0.3, -0.25) is 38.7 Å². The number of allylic oxidation sites excluding steroid dienone is 3. The van der Waals surface area contributed by atoms with E-state index in [1.165, 1.54) is 21.5 Å². The normalized spacial score (nSPS) is 21.1. The number of ketones is 1. The molecular formula is C36H40N6O6. The lowest BCUT2D eigenvalue weighted by Crippen LogP contribution is -3.15. The molecule has 2 heterocycles. The summed E-state index contributed by atoms with van der Waals surface area (Å²) in [5.74, 6) is -2.89. The Hall–Kier alpha value is -5.23. The second kappa shape index (κ2) is 13.1. The largest absolute Gasteiger partial charge is 0.874 e. The van der Waals surface area contributed by atoms with Gasteiger partial charge in [0.05, 0.1) is 18.7 Å². The number of Topliss-reactive ketones (excluding diaryl/α,β-unsaturated/α-hetero) is 1. The minimum Gasteiger partial charge on any atom is -0.874 e. The van der Waals surface area contributed by atoms with E-state index in [4.69, 9.17) is 5.73 Å². The number of imide groups is 1. The first-order chi connectivity index (χ1) is 23.0. The van der Waals surface area contributed by atoms with Gasteiger partial charge < -0.3 is 20.6 Å². The molecule has 0 fully saturated rings. The van der Waals surface area contributed by atoms with Crippen molar-refractivity contribution < 1.29 is 29.2 Å². The minimum atomic E-state index is -0.965. The first-order valence-electron chi connectivity index (χ1n) is 16.3. The van der Waals surface area contributed by atoms with Crippen molar-refractivity contribution in [2.24, 2.45) is 24.6 Å². The molecular weight excluding hydrogens is 612 g/mol. The summed E-state index contributed by atoms with van der Waals surface area (Å²) >= 11 is 0. The molecule has 1 aliphatic heterocycles. The number of benzene rings is 2. The number of nitrogens with two attached hydrogens (primary N) is 1. The number of carbonyl (C=O) groups is 4. The predicted molar refractivity (Wildman–Crippen MR) is 177 cm³/mol. The fraction of sp³-hybridized carbons (Fsp3) is 0.361. The average molecular weight is 653 g/mol. The lowest BCUT2D eigenvalue weighted by molar-refractivity contribution is -0.912. The molecule has 12 heteroatoms. The number of rotatable bonds is 13. The highest BCUT2D eigenvalue weighted by molar-refractivity contribution is 6.30. The molecule has 4 N–H and O–H groups in total. The molecule has 4 unspecified atom stereocenters. The number of carbonyl (C=O) groups excluding carboxylic acids is 4. The molecule has 1 aromatic heterocycles. The molecule has 3 aliphatic rings. The number of aromatic amines is 1. The van der Waals surface area contributed by atoms with Gasteiger partial charge in [-0.1, -0.05) is 30.3 Å². The van der Waals surface area contributed by atoms with Crippen molar-refractivity contribution in [3.05, 3.63) is 98.8 Å². The molecule has 0 bridgehead atoms. The summed E-state index contributed by atoms with van der Waals surface area (Å²) in [7, 11) is 3.26. The number of nitrogens with one attached hydrogen (secondary N) is 2. The summed E-state index contributed by atoms with van der Waals surface area (Å²) in [6, 6.07) is 10.9. The van der Waals surface area contributed by atoms with Crippen LogP contribution in [0.2, 0.25) is 0 Å². The Balaban J connectivity index is 1.13. The Kier molecular flexibility index (Phi) is 8.93. The van der Waals surface area contributed by atoms with Gasteiger partial charge in [-0.25, -0.2) is 0 Å². The molecule has 0 spiro atoms. The van der Waals surface area contributed by atoms with Crippen molar-refractivity contribution in [1.29, 1.82) is 0 Å². The van der Waals surface area contributed by atoms with Gasteiger partial charge in [0, 0.05) is 78.9 Å². The standard InChI is InChI=1S/C36H40N6O6/c1-21-28(36(48)40(3)38-21)31-32(44)30(33(31)45)24-14-13-23(19-27(24)37)41(17-8-15-39(2)20-43)16-4-5-18-42-34(46)25-11-6-9-22-10-7-12-26(29(22)25)35(42)47/h6-7,9-14,19-20,23-24,30,38,44H,4-5,8,15-18,37H2,1-3H3. The molecule has 6 rings (SSSR count). The van der Waals surface area contributed by atoms with Crippen molar-refractivity contribution in [2.45, 2.75) is 32.2 Å². The second-order valence-corrected chi connectivity index (χ2v) is 12.9. The van der Waals surface area contributed by atoms with Gasteiger partial charge in [0.1, 0.15) is 6.04 Å². The topological polar surface area (TPSA) is 166 Å². The quantitative estimate of drug-likeness (QED) is 0.103. The smallest absolute Gasteiger partial charge is 0.274 e. The lowest BCUT2D eigenvalue weighted by atomic mass is 9.69. The van der Waals surface area contributed by atoms with E-state index in [9.17, 15) is 29.1 Å². The number of hydrogen-bond donors (Lipinski definition) is 3. The fourth-order valence-corrected chi connectivity index (χ4v) is 7.28. The molecule has 2 aromatic carbocycles. The van der Waals surface area contributed by atoms with Crippen LogP contribution in [-0.2, 0) is 16.6 Å². The van der Waals surface area contributed by atoms with Crippen LogP contribution in [0.25, 0.3) is 16.3 Å². The molecule has 12 nitrogen and oxygen atoms in total. The van der Waals surface area contributed by atoms with Crippen LogP contribution in [0.1, 0.15) is 51.2 Å². The van der Waals surface area contributed by atoms with Gasteiger partial charge in [0.25, 0.3) is 17.4 Å². The van der Waals surface area contributed by atoms with Crippen LogP contribution < -0.4 is 21.3 Å². The van der Waals surface area contributed by atoms with Crippen LogP contribution in [0.4, 0.5) is 0 Å². The van der Waals surface area contributed by atoms with E-state index in [0.717, 1.165) is 18.2 Å². The van der Waals surface area contributed by atoms with Gasteiger partial charge in [0.15, 0.2) is 5.78 Å². The van der Waals surface area contributed by atoms with Gasteiger partial charge in [0.2, 0.25) is 6.41 Å². The van der Waals surface area contributed by atoms with Crippen LogP contribution in [-0.4, -0.2) is 82.9 Å². The van der Waals surface area contributed by atoms with Gasteiger partial charge >= 0.3 is 0 Å². The molecule has 0 radical (unpaired) electrons. The summed E-state index contributed by atoms with van der Waals surface area (Å²) in [4.78, 5) is 67.7. The van der Waals surface area contributed by atoms with E-state index in [2.05, 4.69) is 5.10 Å². The zero-order valence-corrected chi connectivity index (χ0v) is 27.3. The number of amides is 3. The zero-order chi connectivity index (χ0) is 34.3. The Labute approximate surface area is 277 Å². The highest BCUT2D eigenvalue weighted by Gasteiger charge is 2.43. The Bertz CT molecular complexity index is 1920. The summed E-state index contributed by atoms with van der Waals surface area (Å²) in [6.45, 7) is 3.94. The summed E-state index contributed by atoms with van der Waals surface area (Å²) in [5, 5.41) is 17.6. The summed E-state index contributed by atoms with van der Waals surface area (Å²) in [6.07, 6.45) is 8.51. The van der Waals surface area contributed by atoms with Crippen LogP contribution in [0.5, 0.6) is 0 Å². The van der Waals surface area contributed by atoms with E-state index < -0.39 is 17.4 Å². The van der Waals surface area contributed by atoms with Gasteiger partial charge in [-0.15, -0.1) is 5.76 Å². The lowest BCUT2D eigenvalue weighted by Gasteiger charge is -2.41. The molecule has 0 saturated heterocycles. The van der Waals surface area contributed by atoms with Crippen molar-refractivity contribution in [3.63, 3.8) is 0 Å². The van der Waals surface area contributed by atoms with E-state index in [1.807, 2.05) is 42.5 Å². The molecule has 48 heavy (non-hydrogen) atoms. The Morgan fingerprint density at radius 2 is 1.67 bits per heavy atom. The molecule has 250 valence electrons. The first-order valence-corrected chi connectivity index (χ1v) is 16.3. The number of hydrogen-bond acceptors (Lipinski definition) is 7. The van der Waals surface area contributed by atoms with Gasteiger partial charge in [-0.2, -0.15) is 0 Å². The second-order valence-electron chi connectivity index (χ2n) is 12.9.